The third kappa shape index (κ3) is 13.0. The molecule has 0 bridgehead atoms. The minimum Gasteiger partial charge on any atom is -0.344 e. The van der Waals surface area contributed by atoms with E-state index in [1.165, 1.54) is 9.80 Å². The maximum atomic E-state index is 12.1. The molecule has 0 radical (unpaired) electrons. The normalized spacial score (nSPS) is 9.58. The van der Waals surface area contributed by atoms with Crippen molar-refractivity contribution in [1.82, 2.24) is 19.6 Å². The highest BCUT2D eigenvalue weighted by atomic mass is 32.1. The predicted octanol–water partition coefficient (Wildman–Crippen LogP) is 1.25. The van der Waals surface area contributed by atoms with Gasteiger partial charge in [0.2, 0.25) is 17.7 Å². The van der Waals surface area contributed by atoms with Crippen LogP contribution in [-0.2, 0) is 14.4 Å². The highest BCUT2D eigenvalue weighted by Crippen LogP contribution is 1.97. The van der Waals surface area contributed by atoms with E-state index in [9.17, 15) is 14.4 Å². The van der Waals surface area contributed by atoms with E-state index in [0.717, 1.165) is 19.4 Å². The molecule has 0 fully saturated rings. The van der Waals surface area contributed by atoms with Gasteiger partial charge in [0.05, 0.1) is 19.6 Å². The summed E-state index contributed by atoms with van der Waals surface area (Å²) in [6.07, 6.45) is 1.97. The SMILES string of the molecule is CC.CCCCN(C)C(=O)CN(C)C(=O)CN(C)C(=O)CN(C)CC.S. The van der Waals surface area contributed by atoms with Crippen LogP contribution < -0.4 is 0 Å². The smallest absolute Gasteiger partial charge is 0.242 e. The maximum Gasteiger partial charge on any atom is 0.242 e. The molecular weight excluding hydrogens is 352 g/mol. The molecule has 3 amide bonds. The highest BCUT2D eigenvalue weighted by Gasteiger charge is 2.19. The lowest BCUT2D eigenvalue weighted by Gasteiger charge is -2.25. The number of hydrogen-bond donors (Lipinski definition) is 0. The van der Waals surface area contributed by atoms with Gasteiger partial charge in [0.1, 0.15) is 0 Å². The Labute approximate surface area is 167 Å². The lowest BCUT2D eigenvalue weighted by Crippen LogP contribution is -2.45. The average Bonchev–Trinajstić information content (AvgIpc) is 2.60. The molecule has 0 aliphatic carbocycles. The fraction of sp³-hybridized carbons (Fsp3) is 0.833. The number of carbonyl (C=O) groups is 3. The first-order chi connectivity index (χ1) is 11.7. The Bertz CT molecular complexity index is 408. The van der Waals surface area contributed by atoms with Gasteiger partial charge in [0.15, 0.2) is 0 Å². The van der Waals surface area contributed by atoms with E-state index in [0.29, 0.717) is 6.54 Å². The Morgan fingerprint density at radius 3 is 1.46 bits per heavy atom. The van der Waals surface area contributed by atoms with E-state index in [1.54, 1.807) is 26.0 Å². The van der Waals surface area contributed by atoms with Gasteiger partial charge in [-0.05, 0) is 20.0 Å². The zero-order valence-corrected chi connectivity index (χ0v) is 19.0. The zero-order chi connectivity index (χ0) is 20.0. The molecule has 0 aliphatic rings. The summed E-state index contributed by atoms with van der Waals surface area (Å²) in [6.45, 7) is 9.80. The first-order valence-corrected chi connectivity index (χ1v) is 9.13. The van der Waals surface area contributed by atoms with Crippen LogP contribution in [0.1, 0.15) is 40.5 Å². The summed E-state index contributed by atoms with van der Waals surface area (Å²) >= 11 is 0. The van der Waals surface area contributed by atoms with Crippen molar-refractivity contribution in [3.8, 4) is 0 Å². The standard InChI is InChI=1S/C16H32N4O3.C2H6.H2S/c1-7-9-10-18(4)15(22)12-20(6)16(23)13-19(5)14(21)11-17(3)8-2;1-2;/h7-13H2,1-6H3;1-2H3;1H2. The molecule has 0 heterocycles. The summed E-state index contributed by atoms with van der Waals surface area (Å²) in [5, 5.41) is 0. The van der Waals surface area contributed by atoms with Gasteiger partial charge in [-0.1, -0.05) is 34.1 Å². The van der Waals surface area contributed by atoms with Crippen LogP contribution in [0.25, 0.3) is 0 Å². The number of nitrogens with zero attached hydrogens (tertiary/aromatic N) is 4. The van der Waals surface area contributed by atoms with Gasteiger partial charge in [-0.25, -0.2) is 0 Å². The second kappa shape index (κ2) is 17.1. The topological polar surface area (TPSA) is 64.2 Å². The Kier molecular flexibility index (Phi) is 19.4. The third-order valence-electron chi connectivity index (χ3n) is 3.81. The lowest BCUT2D eigenvalue weighted by molar-refractivity contribution is -0.142. The van der Waals surface area contributed by atoms with Crippen molar-refractivity contribution < 1.29 is 14.4 Å². The van der Waals surface area contributed by atoms with E-state index in [2.05, 4.69) is 6.92 Å². The molecule has 0 saturated heterocycles. The van der Waals surface area contributed by atoms with Crippen LogP contribution in [0.4, 0.5) is 0 Å². The third-order valence-corrected chi connectivity index (χ3v) is 3.81. The molecule has 0 unspecified atom stereocenters. The molecular formula is C18H40N4O3S. The number of rotatable bonds is 10. The quantitative estimate of drug-likeness (QED) is 0.561. The van der Waals surface area contributed by atoms with Crippen LogP contribution >= 0.6 is 13.5 Å². The summed E-state index contributed by atoms with van der Waals surface area (Å²) in [6, 6.07) is 0. The summed E-state index contributed by atoms with van der Waals surface area (Å²) in [5.74, 6) is -0.436. The largest absolute Gasteiger partial charge is 0.344 e. The Morgan fingerprint density at radius 1 is 0.692 bits per heavy atom. The molecule has 0 aliphatic heterocycles. The van der Waals surface area contributed by atoms with E-state index < -0.39 is 0 Å². The second-order valence-corrected chi connectivity index (χ2v) is 6.00. The van der Waals surface area contributed by atoms with Gasteiger partial charge < -0.3 is 14.7 Å². The van der Waals surface area contributed by atoms with Gasteiger partial charge in [-0.15, -0.1) is 0 Å². The molecule has 0 aromatic heterocycles. The molecule has 0 spiro atoms. The minimum absolute atomic E-state index is 0. The fourth-order valence-electron chi connectivity index (χ4n) is 1.81. The number of hydrogen-bond acceptors (Lipinski definition) is 4. The van der Waals surface area contributed by atoms with Crippen LogP contribution in [-0.4, -0.2) is 98.2 Å². The monoisotopic (exact) mass is 392 g/mol. The van der Waals surface area contributed by atoms with Crippen molar-refractivity contribution >= 4 is 31.2 Å². The van der Waals surface area contributed by atoms with Crippen LogP contribution in [0.5, 0.6) is 0 Å². The summed E-state index contributed by atoms with van der Waals surface area (Å²) in [7, 11) is 6.79. The highest BCUT2D eigenvalue weighted by molar-refractivity contribution is 7.59. The van der Waals surface area contributed by atoms with Crippen LogP contribution in [0.15, 0.2) is 0 Å². The first kappa shape index (κ1) is 29.5. The number of carbonyl (C=O) groups excluding carboxylic acids is 3. The summed E-state index contributed by atoms with van der Waals surface area (Å²) < 4.78 is 0. The number of amides is 3. The molecule has 7 nitrogen and oxygen atoms in total. The average molecular weight is 393 g/mol. The molecule has 0 saturated carbocycles. The van der Waals surface area contributed by atoms with Gasteiger partial charge in [0.25, 0.3) is 0 Å². The van der Waals surface area contributed by atoms with Gasteiger partial charge >= 0.3 is 0 Å². The Hall–Kier alpha value is -1.28. The fourth-order valence-corrected chi connectivity index (χ4v) is 1.81. The van der Waals surface area contributed by atoms with Crippen molar-refractivity contribution in [1.29, 1.82) is 0 Å². The van der Waals surface area contributed by atoms with Gasteiger partial charge in [-0.3, -0.25) is 19.3 Å². The van der Waals surface area contributed by atoms with Gasteiger partial charge in [-0.2, -0.15) is 13.5 Å². The van der Waals surface area contributed by atoms with E-state index >= 15 is 0 Å². The first-order valence-electron chi connectivity index (χ1n) is 9.13. The van der Waals surface area contributed by atoms with E-state index in [-0.39, 0.29) is 50.9 Å². The minimum atomic E-state index is -0.239. The van der Waals surface area contributed by atoms with Crippen molar-refractivity contribution in [3.63, 3.8) is 0 Å². The van der Waals surface area contributed by atoms with Crippen molar-refractivity contribution in [2.45, 2.75) is 40.5 Å². The lowest BCUT2D eigenvalue weighted by atomic mass is 10.3. The zero-order valence-electron chi connectivity index (χ0n) is 18.0. The van der Waals surface area contributed by atoms with Gasteiger partial charge in [0, 0.05) is 27.7 Å². The molecule has 26 heavy (non-hydrogen) atoms. The molecule has 0 aromatic rings. The number of likely N-dealkylation sites (N-methyl/N-ethyl adjacent to an activating group) is 4. The molecule has 156 valence electrons. The molecule has 0 atom stereocenters. The number of unbranched alkanes of at least 4 members (excludes halogenated alkanes) is 1. The van der Waals surface area contributed by atoms with E-state index in [4.69, 9.17) is 0 Å². The summed E-state index contributed by atoms with van der Waals surface area (Å²) in [4.78, 5) is 42.4. The van der Waals surface area contributed by atoms with Crippen LogP contribution in [0.3, 0.4) is 0 Å². The van der Waals surface area contributed by atoms with Crippen molar-refractivity contribution in [3.05, 3.63) is 0 Å². The van der Waals surface area contributed by atoms with E-state index in [1.807, 2.05) is 32.7 Å². The Morgan fingerprint density at radius 2 is 1.08 bits per heavy atom. The van der Waals surface area contributed by atoms with Crippen molar-refractivity contribution in [2.75, 3.05) is 60.9 Å². The molecule has 0 rings (SSSR count). The second-order valence-electron chi connectivity index (χ2n) is 6.00. The van der Waals surface area contributed by atoms with Crippen LogP contribution in [0.2, 0.25) is 0 Å². The molecule has 0 N–H and O–H groups in total. The van der Waals surface area contributed by atoms with Crippen LogP contribution in [0, 0.1) is 0 Å². The Balaban J connectivity index is -0.00000170. The summed E-state index contributed by atoms with van der Waals surface area (Å²) in [5.41, 5.74) is 0. The van der Waals surface area contributed by atoms with Crippen molar-refractivity contribution in [2.24, 2.45) is 0 Å². The molecule has 0 aromatic carbocycles. The maximum absolute atomic E-state index is 12.1. The molecule has 8 heteroatoms. The predicted molar refractivity (Wildman–Crippen MR) is 113 cm³/mol.